The summed E-state index contributed by atoms with van der Waals surface area (Å²) >= 11 is 5.71. The summed E-state index contributed by atoms with van der Waals surface area (Å²) in [6.45, 7) is 0. The molecule has 0 amide bonds. The van der Waals surface area contributed by atoms with Crippen molar-refractivity contribution in [2.24, 2.45) is 0 Å². The highest BCUT2D eigenvalue weighted by Gasteiger charge is 2.17. The molecule has 0 aliphatic heterocycles. The fourth-order valence-electron chi connectivity index (χ4n) is 1.70. The van der Waals surface area contributed by atoms with Crippen LogP contribution in [-0.2, 0) is 16.6 Å². The Morgan fingerprint density at radius 2 is 2.00 bits per heavy atom. The minimum atomic E-state index is -1.63. The van der Waals surface area contributed by atoms with Crippen molar-refractivity contribution in [1.29, 1.82) is 0 Å². The second kappa shape index (κ2) is 6.19. The van der Waals surface area contributed by atoms with Crippen LogP contribution in [0.3, 0.4) is 0 Å². The van der Waals surface area contributed by atoms with Gasteiger partial charge < -0.3 is 5.73 Å². The first-order valence-corrected chi connectivity index (χ1v) is 7.44. The van der Waals surface area contributed by atoms with Gasteiger partial charge in [0.25, 0.3) is 5.69 Å². The maximum atomic E-state index is 13.4. The smallest absolute Gasteiger partial charge is 0.275 e. The van der Waals surface area contributed by atoms with Crippen LogP contribution in [0.15, 0.2) is 41.3 Å². The van der Waals surface area contributed by atoms with Crippen molar-refractivity contribution < 1.29 is 13.5 Å². The molecule has 0 spiro atoms. The number of rotatable bonds is 4. The number of nitro benzene ring substituents is 1. The number of halogens is 2. The summed E-state index contributed by atoms with van der Waals surface area (Å²) in [4.78, 5) is 10.6. The molecule has 0 fully saturated rings. The standard InChI is InChI=1S/C13H10ClFN2O3S/c14-9-2-1-8(13(5-9)17(18)19)7-21(20)10-3-4-12(16)11(15)6-10/h1-6H,7,16H2. The quantitative estimate of drug-likeness (QED) is 0.530. The van der Waals surface area contributed by atoms with Crippen LogP contribution in [0.2, 0.25) is 5.02 Å². The van der Waals surface area contributed by atoms with Gasteiger partial charge >= 0.3 is 0 Å². The van der Waals surface area contributed by atoms with Crippen LogP contribution in [0.5, 0.6) is 0 Å². The Kier molecular flexibility index (Phi) is 4.54. The predicted molar refractivity (Wildman–Crippen MR) is 79.0 cm³/mol. The lowest BCUT2D eigenvalue weighted by molar-refractivity contribution is -0.385. The molecule has 2 N–H and O–H groups in total. The van der Waals surface area contributed by atoms with Gasteiger partial charge in [0.05, 0.1) is 27.2 Å². The van der Waals surface area contributed by atoms with Crippen LogP contribution in [0.4, 0.5) is 15.8 Å². The molecular formula is C13H10ClFN2O3S. The summed E-state index contributed by atoms with van der Waals surface area (Å²) in [5.41, 5.74) is 5.34. The monoisotopic (exact) mass is 328 g/mol. The summed E-state index contributed by atoms with van der Waals surface area (Å²) in [7, 11) is -1.63. The molecule has 0 aromatic heterocycles. The summed E-state index contributed by atoms with van der Waals surface area (Å²) < 4.78 is 25.5. The predicted octanol–water partition coefficient (Wildman–Crippen LogP) is 3.28. The molecule has 0 bridgehead atoms. The number of nitrogens with two attached hydrogens (primary N) is 1. The molecule has 0 aliphatic rings. The van der Waals surface area contributed by atoms with Gasteiger partial charge in [0.15, 0.2) is 0 Å². The second-order valence-corrected chi connectivity index (χ2v) is 6.09. The lowest BCUT2D eigenvalue weighted by Crippen LogP contribution is -2.02. The van der Waals surface area contributed by atoms with Crippen molar-refractivity contribution in [2.75, 3.05) is 5.73 Å². The van der Waals surface area contributed by atoms with Crippen LogP contribution in [0.25, 0.3) is 0 Å². The first kappa shape index (κ1) is 15.4. The van der Waals surface area contributed by atoms with Crippen LogP contribution in [0, 0.1) is 15.9 Å². The SMILES string of the molecule is Nc1ccc(S(=O)Cc2ccc(Cl)cc2[N+](=O)[O-])cc1F. The molecule has 0 radical (unpaired) electrons. The van der Waals surface area contributed by atoms with Crippen molar-refractivity contribution >= 4 is 33.8 Å². The van der Waals surface area contributed by atoms with E-state index in [1.165, 1.54) is 30.3 Å². The third-order valence-corrected chi connectivity index (χ3v) is 4.35. The van der Waals surface area contributed by atoms with Crippen LogP contribution < -0.4 is 5.73 Å². The van der Waals surface area contributed by atoms with E-state index in [-0.39, 0.29) is 32.6 Å². The van der Waals surface area contributed by atoms with Crippen LogP contribution in [0.1, 0.15) is 5.56 Å². The van der Waals surface area contributed by atoms with Gasteiger partial charge in [-0.1, -0.05) is 11.6 Å². The molecule has 0 saturated heterocycles. The lowest BCUT2D eigenvalue weighted by atomic mass is 10.2. The minimum Gasteiger partial charge on any atom is -0.396 e. The molecule has 110 valence electrons. The van der Waals surface area contributed by atoms with Gasteiger partial charge in [0.2, 0.25) is 0 Å². The van der Waals surface area contributed by atoms with E-state index in [4.69, 9.17) is 17.3 Å². The zero-order valence-electron chi connectivity index (χ0n) is 10.6. The highest BCUT2D eigenvalue weighted by molar-refractivity contribution is 7.84. The van der Waals surface area contributed by atoms with E-state index in [0.717, 1.165) is 6.07 Å². The van der Waals surface area contributed by atoms with Gasteiger partial charge in [0.1, 0.15) is 5.82 Å². The van der Waals surface area contributed by atoms with Gasteiger partial charge in [-0.15, -0.1) is 0 Å². The summed E-state index contributed by atoms with van der Waals surface area (Å²) in [6, 6.07) is 7.90. The Hall–Kier alpha value is -1.99. The van der Waals surface area contributed by atoms with E-state index < -0.39 is 21.5 Å². The number of nitrogens with zero attached hydrogens (tertiary/aromatic N) is 1. The molecule has 8 heteroatoms. The topological polar surface area (TPSA) is 86.2 Å². The maximum absolute atomic E-state index is 13.4. The Bertz CT molecular complexity index is 739. The third-order valence-electron chi connectivity index (χ3n) is 2.77. The Morgan fingerprint density at radius 3 is 2.62 bits per heavy atom. The maximum Gasteiger partial charge on any atom is 0.275 e. The normalized spacial score (nSPS) is 12.1. The molecule has 21 heavy (non-hydrogen) atoms. The van der Waals surface area contributed by atoms with Crippen LogP contribution >= 0.6 is 11.6 Å². The number of nitro groups is 1. The van der Waals surface area contributed by atoms with Crippen molar-refractivity contribution in [3.8, 4) is 0 Å². The Balaban J connectivity index is 2.31. The molecule has 0 aliphatic carbocycles. The van der Waals surface area contributed by atoms with Gasteiger partial charge in [0, 0.05) is 21.5 Å². The van der Waals surface area contributed by atoms with Gasteiger partial charge in [-0.05, 0) is 30.3 Å². The minimum absolute atomic E-state index is 0.0479. The van der Waals surface area contributed by atoms with E-state index in [0.29, 0.717) is 0 Å². The average molecular weight is 329 g/mol. The van der Waals surface area contributed by atoms with E-state index in [1.54, 1.807) is 0 Å². The Morgan fingerprint density at radius 1 is 1.29 bits per heavy atom. The first-order chi connectivity index (χ1) is 9.88. The molecule has 1 atom stereocenters. The van der Waals surface area contributed by atoms with Gasteiger partial charge in [-0.2, -0.15) is 0 Å². The zero-order valence-corrected chi connectivity index (χ0v) is 12.2. The van der Waals surface area contributed by atoms with Gasteiger partial charge in [-0.25, -0.2) is 4.39 Å². The first-order valence-electron chi connectivity index (χ1n) is 5.74. The number of hydrogen-bond acceptors (Lipinski definition) is 4. The van der Waals surface area contributed by atoms with Crippen molar-refractivity contribution in [1.82, 2.24) is 0 Å². The summed E-state index contributed by atoms with van der Waals surface area (Å²) in [5.74, 6) is -0.789. The molecule has 2 aromatic carbocycles. The van der Waals surface area contributed by atoms with E-state index in [2.05, 4.69) is 0 Å². The van der Waals surface area contributed by atoms with Crippen molar-refractivity contribution in [3.05, 3.63) is 62.9 Å². The fraction of sp³-hybridized carbons (Fsp3) is 0.0769. The molecule has 0 saturated carbocycles. The highest BCUT2D eigenvalue weighted by Crippen LogP contribution is 2.26. The molecular weight excluding hydrogens is 319 g/mol. The third kappa shape index (κ3) is 3.56. The number of benzene rings is 2. The summed E-state index contributed by atoms with van der Waals surface area (Å²) in [5, 5.41) is 11.2. The second-order valence-electron chi connectivity index (χ2n) is 4.20. The number of anilines is 1. The summed E-state index contributed by atoms with van der Waals surface area (Å²) in [6.07, 6.45) is 0. The van der Waals surface area contributed by atoms with E-state index >= 15 is 0 Å². The lowest BCUT2D eigenvalue weighted by Gasteiger charge is -2.05. The number of hydrogen-bond donors (Lipinski definition) is 1. The highest BCUT2D eigenvalue weighted by atomic mass is 35.5. The Labute approximate surface area is 127 Å². The zero-order chi connectivity index (χ0) is 15.6. The van der Waals surface area contributed by atoms with Gasteiger partial charge in [-0.3, -0.25) is 14.3 Å². The fourth-order valence-corrected chi connectivity index (χ4v) is 3.02. The van der Waals surface area contributed by atoms with E-state index in [9.17, 15) is 18.7 Å². The van der Waals surface area contributed by atoms with Crippen LogP contribution in [-0.4, -0.2) is 9.13 Å². The average Bonchev–Trinajstić information content (AvgIpc) is 2.43. The van der Waals surface area contributed by atoms with Crippen molar-refractivity contribution in [3.63, 3.8) is 0 Å². The molecule has 2 rings (SSSR count). The molecule has 2 aromatic rings. The largest absolute Gasteiger partial charge is 0.396 e. The van der Waals surface area contributed by atoms with E-state index in [1.807, 2.05) is 0 Å². The molecule has 1 unspecified atom stereocenters. The molecule has 5 nitrogen and oxygen atoms in total. The molecule has 0 heterocycles. The van der Waals surface area contributed by atoms with Crippen molar-refractivity contribution in [2.45, 2.75) is 10.6 Å². The number of nitrogen functional groups attached to an aromatic ring is 1.